The summed E-state index contributed by atoms with van der Waals surface area (Å²) in [5.74, 6) is 0. The van der Waals surface area contributed by atoms with Gasteiger partial charge < -0.3 is 10.3 Å². The number of hydrogen-bond donors (Lipinski definition) is 1. The first-order valence-corrected chi connectivity index (χ1v) is 6.29. The minimum atomic E-state index is 0.0107. The van der Waals surface area contributed by atoms with E-state index in [4.69, 9.17) is 5.73 Å². The minimum Gasteiger partial charge on any atom is -0.325 e. The van der Waals surface area contributed by atoms with Gasteiger partial charge in [-0.15, -0.1) is 0 Å². The minimum absolute atomic E-state index is 0.0107. The predicted molar refractivity (Wildman–Crippen MR) is 75.3 cm³/mol. The van der Waals surface area contributed by atoms with Crippen molar-refractivity contribution in [2.24, 2.45) is 5.73 Å². The standard InChI is InChI=1S/C15H21N3/c1-11(16)12-7-5-6-8-13(12)14-9-17-10-18(14)15(2,3)4/h5-11H,16H2,1-4H3. The van der Waals surface area contributed by atoms with E-state index in [0.29, 0.717) is 0 Å². The van der Waals surface area contributed by atoms with Crippen LogP contribution >= 0.6 is 0 Å². The van der Waals surface area contributed by atoms with Crippen LogP contribution in [0.15, 0.2) is 36.8 Å². The molecule has 3 nitrogen and oxygen atoms in total. The van der Waals surface area contributed by atoms with Gasteiger partial charge in [-0.1, -0.05) is 24.3 Å². The van der Waals surface area contributed by atoms with Gasteiger partial charge >= 0.3 is 0 Å². The number of nitrogens with two attached hydrogens (primary N) is 1. The lowest BCUT2D eigenvalue weighted by atomic mass is 9.98. The molecular formula is C15H21N3. The van der Waals surface area contributed by atoms with Crippen molar-refractivity contribution in [1.82, 2.24) is 9.55 Å². The Labute approximate surface area is 109 Å². The first kappa shape index (κ1) is 12.8. The normalized spacial score (nSPS) is 13.6. The zero-order valence-electron chi connectivity index (χ0n) is 11.5. The molecule has 18 heavy (non-hydrogen) atoms. The Morgan fingerprint density at radius 1 is 1.22 bits per heavy atom. The van der Waals surface area contributed by atoms with E-state index < -0.39 is 0 Å². The van der Waals surface area contributed by atoms with E-state index in [0.717, 1.165) is 11.3 Å². The van der Waals surface area contributed by atoms with Gasteiger partial charge in [0.25, 0.3) is 0 Å². The average molecular weight is 243 g/mol. The third-order valence-electron chi connectivity index (χ3n) is 3.09. The zero-order chi connectivity index (χ0) is 13.3. The van der Waals surface area contributed by atoms with Crippen LogP contribution in [0, 0.1) is 0 Å². The largest absolute Gasteiger partial charge is 0.325 e. The summed E-state index contributed by atoms with van der Waals surface area (Å²) in [5, 5.41) is 0. The molecule has 1 aromatic heterocycles. The Morgan fingerprint density at radius 2 is 1.89 bits per heavy atom. The summed E-state index contributed by atoms with van der Waals surface area (Å²) < 4.78 is 2.19. The molecule has 0 aliphatic heterocycles. The van der Waals surface area contributed by atoms with Crippen molar-refractivity contribution in [3.63, 3.8) is 0 Å². The first-order chi connectivity index (χ1) is 8.41. The van der Waals surface area contributed by atoms with E-state index >= 15 is 0 Å². The topological polar surface area (TPSA) is 43.8 Å². The van der Waals surface area contributed by atoms with E-state index in [9.17, 15) is 0 Å². The maximum absolute atomic E-state index is 6.05. The molecule has 1 aromatic carbocycles. The molecule has 0 spiro atoms. The number of aromatic nitrogens is 2. The molecule has 0 saturated heterocycles. The van der Waals surface area contributed by atoms with Crippen LogP contribution in [0.2, 0.25) is 0 Å². The second-order valence-electron chi connectivity index (χ2n) is 5.70. The Morgan fingerprint density at radius 3 is 2.50 bits per heavy atom. The van der Waals surface area contributed by atoms with Crippen LogP contribution in [0.5, 0.6) is 0 Å². The summed E-state index contributed by atoms with van der Waals surface area (Å²) in [6.45, 7) is 8.53. The highest BCUT2D eigenvalue weighted by Crippen LogP contribution is 2.30. The molecule has 96 valence electrons. The van der Waals surface area contributed by atoms with Gasteiger partial charge in [0.1, 0.15) is 0 Å². The average Bonchev–Trinajstić information content (AvgIpc) is 2.77. The number of benzene rings is 1. The molecule has 2 aromatic rings. The monoisotopic (exact) mass is 243 g/mol. The Bertz CT molecular complexity index is 533. The molecule has 1 atom stereocenters. The van der Waals surface area contributed by atoms with Crippen molar-refractivity contribution in [2.75, 3.05) is 0 Å². The van der Waals surface area contributed by atoms with Crippen LogP contribution in [0.25, 0.3) is 11.3 Å². The second kappa shape index (κ2) is 4.58. The van der Waals surface area contributed by atoms with Crippen LogP contribution in [0.4, 0.5) is 0 Å². The van der Waals surface area contributed by atoms with Crippen molar-refractivity contribution in [1.29, 1.82) is 0 Å². The molecule has 0 fully saturated rings. The summed E-state index contributed by atoms with van der Waals surface area (Å²) in [5.41, 5.74) is 9.50. The maximum atomic E-state index is 6.05. The van der Waals surface area contributed by atoms with Crippen LogP contribution in [0.3, 0.4) is 0 Å². The van der Waals surface area contributed by atoms with Crippen LogP contribution in [0.1, 0.15) is 39.3 Å². The SMILES string of the molecule is CC(N)c1ccccc1-c1cncn1C(C)(C)C. The van der Waals surface area contributed by atoms with E-state index in [1.165, 1.54) is 5.56 Å². The molecule has 0 amide bonds. The molecule has 0 saturated carbocycles. The van der Waals surface area contributed by atoms with E-state index in [2.05, 4.69) is 42.5 Å². The molecule has 0 radical (unpaired) electrons. The second-order valence-corrected chi connectivity index (χ2v) is 5.70. The number of rotatable bonds is 2. The summed E-state index contributed by atoms with van der Waals surface area (Å²) in [6.07, 6.45) is 3.79. The van der Waals surface area contributed by atoms with Gasteiger partial charge in [0.2, 0.25) is 0 Å². The Hall–Kier alpha value is -1.61. The first-order valence-electron chi connectivity index (χ1n) is 6.29. The van der Waals surface area contributed by atoms with Gasteiger partial charge in [-0.05, 0) is 33.3 Å². The van der Waals surface area contributed by atoms with Gasteiger partial charge in [-0.25, -0.2) is 4.98 Å². The van der Waals surface area contributed by atoms with E-state index in [1.54, 1.807) is 0 Å². The number of hydrogen-bond acceptors (Lipinski definition) is 2. The highest BCUT2D eigenvalue weighted by atomic mass is 15.1. The molecule has 1 heterocycles. The molecule has 1 unspecified atom stereocenters. The number of imidazole rings is 1. The molecule has 0 aliphatic rings. The fraction of sp³-hybridized carbons (Fsp3) is 0.400. The van der Waals surface area contributed by atoms with Crippen LogP contribution < -0.4 is 5.73 Å². The fourth-order valence-electron chi connectivity index (χ4n) is 2.16. The highest BCUT2D eigenvalue weighted by molar-refractivity contribution is 5.64. The van der Waals surface area contributed by atoms with Gasteiger partial charge in [0.15, 0.2) is 0 Å². The van der Waals surface area contributed by atoms with Crippen LogP contribution in [-0.4, -0.2) is 9.55 Å². The molecule has 2 N–H and O–H groups in total. The molecule has 0 bridgehead atoms. The summed E-state index contributed by atoms with van der Waals surface area (Å²) in [7, 11) is 0. The molecule has 0 aliphatic carbocycles. The van der Waals surface area contributed by atoms with Gasteiger partial charge in [-0.2, -0.15) is 0 Å². The lowest BCUT2D eigenvalue weighted by Gasteiger charge is -2.25. The maximum Gasteiger partial charge on any atom is 0.0955 e. The quantitative estimate of drug-likeness (QED) is 0.879. The third-order valence-corrected chi connectivity index (χ3v) is 3.09. The zero-order valence-corrected chi connectivity index (χ0v) is 11.5. The Balaban J connectivity index is 2.60. The molecule has 2 rings (SSSR count). The fourth-order valence-corrected chi connectivity index (χ4v) is 2.16. The van der Waals surface area contributed by atoms with Crippen molar-refractivity contribution in [3.05, 3.63) is 42.4 Å². The molecular weight excluding hydrogens is 222 g/mol. The highest BCUT2D eigenvalue weighted by Gasteiger charge is 2.19. The number of nitrogens with zero attached hydrogens (tertiary/aromatic N) is 2. The van der Waals surface area contributed by atoms with Gasteiger partial charge in [0.05, 0.1) is 18.2 Å². The van der Waals surface area contributed by atoms with Crippen molar-refractivity contribution >= 4 is 0 Å². The van der Waals surface area contributed by atoms with Crippen molar-refractivity contribution in [3.8, 4) is 11.3 Å². The smallest absolute Gasteiger partial charge is 0.0955 e. The summed E-state index contributed by atoms with van der Waals surface area (Å²) in [6, 6.07) is 8.28. The van der Waals surface area contributed by atoms with Crippen molar-refractivity contribution in [2.45, 2.75) is 39.3 Å². The third kappa shape index (κ3) is 2.31. The van der Waals surface area contributed by atoms with E-state index in [1.807, 2.05) is 31.6 Å². The van der Waals surface area contributed by atoms with Gasteiger partial charge in [-0.3, -0.25) is 0 Å². The van der Waals surface area contributed by atoms with Crippen molar-refractivity contribution < 1.29 is 0 Å². The van der Waals surface area contributed by atoms with E-state index in [-0.39, 0.29) is 11.6 Å². The lowest BCUT2D eigenvalue weighted by Crippen LogP contribution is -2.22. The van der Waals surface area contributed by atoms with Crippen LogP contribution in [-0.2, 0) is 5.54 Å². The predicted octanol–water partition coefficient (Wildman–Crippen LogP) is 3.32. The molecule has 3 heteroatoms. The Kier molecular flexibility index (Phi) is 3.26. The summed E-state index contributed by atoms with van der Waals surface area (Å²) in [4.78, 5) is 4.29. The summed E-state index contributed by atoms with van der Waals surface area (Å²) >= 11 is 0. The van der Waals surface area contributed by atoms with Gasteiger partial charge in [0, 0.05) is 17.1 Å². The lowest BCUT2D eigenvalue weighted by molar-refractivity contribution is 0.400.